The van der Waals surface area contributed by atoms with Gasteiger partial charge in [0.1, 0.15) is 29.5 Å². The first kappa shape index (κ1) is 15.9. The molecule has 3 rings (SSSR count). The van der Waals surface area contributed by atoms with Crippen LogP contribution < -0.4 is 10.1 Å². The Hall–Kier alpha value is -2.93. The van der Waals surface area contributed by atoms with Gasteiger partial charge in [0.05, 0.1) is 12.7 Å². The summed E-state index contributed by atoms with van der Waals surface area (Å²) in [4.78, 5) is 24.9. The second-order valence-electron chi connectivity index (χ2n) is 4.90. The van der Waals surface area contributed by atoms with Crippen molar-refractivity contribution in [2.45, 2.75) is 6.92 Å². The summed E-state index contributed by atoms with van der Waals surface area (Å²) in [5, 5.41) is 3.16. The highest BCUT2D eigenvalue weighted by Gasteiger charge is 2.14. The van der Waals surface area contributed by atoms with Gasteiger partial charge in [0.25, 0.3) is 5.91 Å². The molecule has 0 fully saturated rings. The Bertz CT molecular complexity index is 894. The number of amides is 1. The minimum atomic E-state index is -0.374. The third-order valence-electron chi connectivity index (χ3n) is 3.37. The van der Waals surface area contributed by atoms with Crippen molar-refractivity contribution in [3.8, 4) is 11.6 Å². The average molecular weight is 344 g/mol. The predicted molar refractivity (Wildman–Crippen MR) is 89.8 cm³/mol. The highest BCUT2D eigenvalue weighted by molar-refractivity contribution is 6.31. The molecule has 1 N–H and O–H groups in total. The minimum Gasteiger partial charge on any atom is -0.496 e. The van der Waals surface area contributed by atoms with E-state index in [9.17, 15) is 4.79 Å². The van der Waals surface area contributed by atoms with Crippen LogP contribution in [-0.2, 0) is 0 Å². The van der Waals surface area contributed by atoms with E-state index in [-0.39, 0.29) is 5.91 Å². The third kappa shape index (κ3) is 3.21. The van der Waals surface area contributed by atoms with Crippen LogP contribution in [0, 0.1) is 6.92 Å². The number of methoxy groups -OCH3 is 1. The molecular weight excluding hydrogens is 330 g/mol. The zero-order valence-electron chi connectivity index (χ0n) is 13.0. The fourth-order valence-corrected chi connectivity index (χ4v) is 2.38. The first-order valence-electron chi connectivity index (χ1n) is 7.06. The van der Waals surface area contributed by atoms with Gasteiger partial charge in [-0.2, -0.15) is 0 Å². The summed E-state index contributed by atoms with van der Waals surface area (Å²) < 4.78 is 6.98. The highest BCUT2D eigenvalue weighted by atomic mass is 35.5. The summed E-state index contributed by atoms with van der Waals surface area (Å²) in [5.41, 5.74) is 0.323. The van der Waals surface area contributed by atoms with Crippen molar-refractivity contribution in [2.75, 3.05) is 12.4 Å². The molecule has 1 aromatic carbocycles. The SMILES string of the molecule is COc1ccc(Cl)cc1C(=O)Nc1cc(-n2ccnc2C)ncn1. The zero-order chi connectivity index (χ0) is 17.1. The van der Waals surface area contributed by atoms with Crippen molar-refractivity contribution < 1.29 is 9.53 Å². The van der Waals surface area contributed by atoms with Crippen LogP contribution in [-0.4, -0.2) is 32.5 Å². The summed E-state index contributed by atoms with van der Waals surface area (Å²) in [7, 11) is 1.49. The van der Waals surface area contributed by atoms with E-state index in [1.807, 2.05) is 6.92 Å². The van der Waals surface area contributed by atoms with Gasteiger partial charge in [-0.05, 0) is 25.1 Å². The second kappa shape index (κ2) is 6.67. The van der Waals surface area contributed by atoms with Crippen LogP contribution in [0.3, 0.4) is 0 Å². The lowest BCUT2D eigenvalue weighted by molar-refractivity contribution is 0.102. The Morgan fingerprint density at radius 3 is 2.79 bits per heavy atom. The molecule has 0 saturated heterocycles. The number of carbonyl (C=O) groups is 1. The zero-order valence-corrected chi connectivity index (χ0v) is 13.8. The average Bonchev–Trinajstić information content (AvgIpc) is 3.01. The van der Waals surface area contributed by atoms with Gasteiger partial charge in [0.2, 0.25) is 0 Å². The monoisotopic (exact) mass is 343 g/mol. The third-order valence-corrected chi connectivity index (χ3v) is 3.61. The molecule has 1 amide bonds. The Kier molecular flexibility index (Phi) is 4.43. The van der Waals surface area contributed by atoms with E-state index in [1.54, 1.807) is 35.2 Å². The van der Waals surface area contributed by atoms with Gasteiger partial charge < -0.3 is 10.1 Å². The van der Waals surface area contributed by atoms with Gasteiger partial charge in [-0.3, -0.25) is 9.36 Å². The number of ether oxygens (including phenoxy) is 1. The maximum Gasteiger partial charge on any atom is 0.260 e. The number of nitrogens with one attached hydrogen (secondary N) is 1. The Morgan fingerprint density at radius 1 is 1.25 bits per heavy atom. The van der Waals surface area contributed by atoms with Gasteiger partial charge >= 0.3 is 0 Å². The first-order valence-corrected chi connectivity index (χ1v) is 7.43. The van der Waals surface area contributed by atoms with Crippen molar-refractivity contribution in [3.63, 3.8) is 0 Å². The molecule has 0 radical (unpaired) electrons. The Balaban J connectivity index is 1.88. The van der Waals surface area contributed by atoms with E-state index >= 15 is 0 Å². The number of anilines is 1. The lowest BCUT2D eigenvalue weighted by Crippen LogP contribution is -2.15. The molecule has 0 saturated carbocycles. The Labute approximate surface area is 143 Å². The summed E-state index contributed by atoms with van der Waals surface area (Å²) in [6, 6.07) is 6.49. The summed E-state index contributed by atoms with van der Waals surface area (Å²) in [6.45, 7) is 1.86. The molecule has 24 heavy (non-hydrogen) atoms. The number of nitrogens with zero attached hydrogens (tertiary/aromatic N) is 4. The van der Waals surface area contributed by atoms with Crippen LogP contribution in [0.1, 0.15) is 16.2 Å². The van der Waals surface area contributed by atoms with E-state index in [1.165, 1.54) is 19.5 Å². The number of aryl methyl sites for hydroxylation is 1. The molecule has 7 nitrogen and oxygen atoms in total. The maximum absolute atomic E-state index is 12.5. The molecule has 0 spiro atoms. The summed E-state index contributed by atoms with van der Waals surface area (Å²) in [5.74, 6) is 1.80. The molecule has 2 heterocycles. The quantitative estimate of drug-likeness (QED) is 0.787. The molecule has 122 valence electrons. The second-order valence-corrected chi connectivity index (χ2v) is 5.34. The van der Waals surface area contributed by atoms with Crippen molar-refractivity contribution in [2.24, 2.45) is 0 Å². The van der Waals surface area contributed by atoms with Crippen molar-refractivity contribution in [1.29, 1.82) is 0 Å². The van der Waals surface area contributed by atoms with Gasteiger partial charge in [0, 0.05) is 23.5 Å². The van der Waals surface area contributed by atoms with E-state index in [0.717, 1.165) is 5.82 Å². The number of halogens is 1. The predicted octanol–water partition coefficient (Wildman–Crippen LogP) is 2.89. The van der Waals surface area contributed by atoms with Crippen molar-refractivity contribution in [3.05, 3.63) is 59.4 Å². The van der Waals surface area contributed by atoms with Crippen molar-refractivity contribution in [1.82, 2.24) is 19.5 Å². The number of hydrogen-bond donors (Lipinski definition) is 1. The number of hydrogen-bond acceptors (Lipinski definition) is 5. The molecule has 0 atom stereocenters. The van der Waals surface area contributed by atoms with Crippen LogP contribution in [0.5, 0.6) is 5.75 Å². The smallest absolute Gasteiger partial charge is 0.260 e. The van der Waals surface area contributed by atoms with Gasteiger partial charge in [-0.15, -0.1) is 0 Å². The fourth-order valence-electron chi connectivity index (χ4n) is 2.21. The molecule has 0 aliphatic heterocycles. The number of aromatic nitrogens is 4. The normalized spacial score (nSPS) is 10.5. The van der Waals surface area contributed by atoms with Crippen LogP contribution in [0.15, 0.2) is 43.0 Å². The van der Waals surface area contributed by atoms with E-state index in [4.69, 9.17) is 16.3 Å². The Morgan fingerprint density at radius 2 is 2.08 bits per heavy atom. The minimum absolute atomic E-state index is 0.323. The van der Waals surface area contributed by atoms with Crippen LogP contribution in [0.4, 0.5) is 5.82 Å². The lowest BCUT2D eigenvalue weighted by atomic mass is 10.2. The number of rotatable bonds is 4. The molecule has 0 aliphatic rings. The largest absolute Gasteiger partial charge is 0.496 e. The summed E-state index contributed by atoms with van der Waals surface area (Å²) >= 11 is 5.96. The van der Waals surface area contributed by atoms with Crippen LogP contribution in [0.2, 0.25) is 5.02 Å². The van der Waals surface area contributed by atoms with Crippen LogP contribution in [0.25, 0.3) is 5.82 Å². The van der Waals surface area contributed by atoms with Gasteiger partial charge in [0.15, 0.2) is 0 Å². The van der Waals surface area contributed by atoms with E-state index in [0.29, 0.717) is 28.0 Å². The van der Waals surface area contributed by atoms with Gasteiger partial charge in [-0.1, -0.05) is 11.6 Å². The number of benzene rings is 1. The number of carbonyl (C=O) groups excluding carboxylic acids is 1. The van der Waals surface area contributed by atoms with Gasteiger partial charge in [-0.25, -0.2) is 15.0 Å². The maximum atomic E-state index is 12.5. The number of imidazole rings is 1. The molecular formula is C16H14ClN5O2. The first-order chi connectivity index (χ1) is 11.6. The summed E-state index contributed by atoms with van der Waals surface area (Å²) in [6.07, 6.45) is 4.83. The standard InChI is InChI=1S/C16H14ClN5O2/c1-10-18-5-6-22(10)15-8-14(19-9-20-15)21-16(23)12-7-11(17)3-4-13(12)24-2/h3-9H,1-2H3,(H,19,20,21,23). The molecule has 0 aliphatic carbocycles. The molecule has 8 heteroatoms. The van der Waals surface area contributed by atoms with E-state index in [2.05, 4.69) is 20.3 Å². The van der Waals surface area contributed by atoms with Crippen LogP contribution >= 0.6 is 11.6 Å². The molecule has 0 unspecified atom stereocenters. The molecule has 0 bridgehead atoms. The van der Waals surface area contributed by atoms with Crippen molar-refractivity contribution >= 4 is 23.3 Å². The highest BCUT2D eigenvalue weighted by Crippen LogP contribution is 2.23. The fraction of sp³-hybridized carbons (Fsp3) is 0.125. The van der Waals surface area contributed by atoms with E-state index < -0.39 is 0 Å². The topological polar surface area (TPSA) is 81.9 Å². The molecule has 2 aromatic heterocycles. The molecule has 3 aromatic rings. The lowest BCUT2D eigenvalue weighted by Gasteiger charge is -2.10.